The first kappa shape index (κ1) is 85.3. The van der Waals surface area contributed by atoms with Crippen molar-refractivity contribution in [3.63, 3.8) is 0 Å². The molecule has 133 heavy (non-hydrogen) atoms. The van der Waals surface area contributed by atoms with E-state index in [2.05, 4.69) is 362 Å². The van der Waals surface area contributed by atoms with Crippen LogP contribution >= 0.6 is 0 Å². The molecule has 0 spiro atoms. The molecule has 0 aliphatic heterocycles. The first-order valence-corrected chi connectivity index (χ1v) is 48.3. The Labute approximate surface area is 776 Å². The summed E-state index contributed by atoms with van der Waals surface area (Å²) in [6.45, 7) is 10.6. The minimum atomic E-state index is 0.225. The summed E-state index contributed by atoms with van der Waals surface area (Å²) in [5.41, 5.74) is 17.9. The van der Waals surface area contributed by atoms with Crippen molar-refractivity contribution < 1.29 is 37.9 Å². The van der Waals surface area contributed by atoms with Gasteiger partial charge in [0.25, 0.3) is 0 Å². The van der Waals surface area contributed by atoms with E-state index in [1.165, 1.54) is 131 Å². The molecule has 0 radical (unpaired) electrons. The zero-order valence-corrected chi connectivity index (χ0v) is 76.0. The topological polar surface area (TPSA) is 103 Å². The highest BCUT2D eigenvalue weighted by molar-refractivity contribution is 6.12. The number of rotatable bonds is 44. The summed E-state index contributed by atoms with van der Waals surface area (Å²) in [5.74, 6) is 5.19. The van der Waals surface area contributed by atoms with E-state index in [0.717, 1.165) is 146 Å². The van der Waals surface area contributed by atoms with Gasteiger partial charge in [0.15, 0.2) is 23.0 Å². The molecule has 15 aromatic carbocycles. The van der Waals surface area contributed by atoms with Gasteiger partial charge < -0.3 is 65.3 Å². The van der Waals surface area contributed by atoms with Crippen molar-refractivity contribution in [2.24, 2.45) is 0 Å². The monoisotopic (exact) mass is 1750 g/mol. The van der Waals surface area contributed by atoms with Gasteiger partial charge in [0, 0.05) is 176 Å². The number of fused-ring (bicyclic) bond motifs is 18. The van der Waals surface area contributed by atoms with Crippen LogP contribution in [0.4, 0.5) is 0 Å². The second-order valence-corrected chi connectivity index (χ2v) is 35.4. The van der Waals surface area contributed by atoms with Crippen LogP contribution in [0.2, 0.25) is 0 Å². The second-order valence-electron chi connectivity index (χ2n) is 35.4. The number of benzene rings is 15. The van der Waals surface area contributed by atoms with E-state index in [0.29, 0.717) is 85.6 Å². The molecule has 0 aliphatic carbocycles. The highest BCUT2D eigenvalue weighted by Gasteiger charge is 2.24. The quantitative estimate of drug-likeness (QED) is 0.0348. The first-order valence-electron chi connectivity index (χ1n) is 48.3. The van der Waals surface area contributed by atoms with E-state index < -0.39 is 0 Å². The number of hydrogen-bond acceptors (Lipinski definition) is 8. The van der Waals surface area contributed by atoms with Gasteiger partial charge in [-0.25, -0.2) is 0 Å². The summed E-state index contributed by atoms with van der Waals surface area (Å²) in [6, 6.07) is 120. The van der Waals surface area contributed by atoms with Crippen molar-refractivity contribution in [2.75, 3.05) is 39.6 Å². The summed E-state index contributed by atoms with van der Waals surface area (Å²) < 4.78 is 71.4. The maximum atomic E-state index is 7.09. The maximum Gasteiger partial charge on any atom is 0.203 e. The van der Waals surface area contributed by atoms with Crippen LogP contribution in [-0.4, -0.2) is 67.0 Å². The summed E-state index contributed by atoms with van der Waals surface area (Å²) in [7, 11) is 0. The van der Waals surface area contributed by atoms with Gasteiger partial charge in [0.1, 0.15) is 24.7 Å². The Balaban J connectivity index is 0.566. The van der Waals surface area contributed by atoms with Gasteiger partial charge in [-0.1, -0.05) is 232 Å². The number of aryl methyl sites for hydroxylation is 7. The molecule has 0 saturated heterocycles. The molecule has 0 N–H and O–H groups in total. The fourth-order valence-corrected chi connectivity index (χ4v) is 20.5. The molecule has 668 valence electrons. The SMILES string of the molecule is CCCc1cc(OCc2cc(OCCCCn3c4ccccc4c4ccccc43)c(OCCCCn3c4ccccc4c4ccccc43)c(OCCCCn3c4ccccc4c4ccccc43)c2)cc(OCc2cc(OCCCCn3c4ccccc4c4ccccc43)c(OCCCCn3c4ccccc4c4ccccc43)c(OCCCCn3c4ccccc4c4ccccc43)c2)c1. The van der Waals surface area contributed by atoms with E-state index in [-0.39, 0.29) is 13.2 Å². The third kappa shape index (κ3) is 18.1. The van der Waals surface area contributed by atoms with Gasteiger partial charge in [-0.3, -0.25) is 0 Å². The molecule has 0 saturated carbocycles. The molecule has 0 amide bonds. The van der Waals surface area contributed by atoms with Gasteiger partial charge in [0.05, 0.1) is 39.6 Å². The molecule has 14 heteroatoms. The van der Waals surface area contributed by atoms with E-state index in [1.807, 2.05) is 6.07 Å². The van der Waals surface area contributed by atoms with Crippen LogP contribution in [0, 0.1) is 0 Å². The van der Waals surface area contributed by atoms with Crippen molar-refractivity contribution in [1.29, 1.82) is 0 Å². The third-order valence-electron chi connectivity index (χ3n) is 26.7. The van der Waals surface area contributed by atoms with Crippen molar-refractivity contribution in [3.05, 3.63) is 350 Å². The van der Waals surface area contributed by atoms with Crippen LogP contribution < -0.4 is 37.9 Å². The lowest BCUT2D eigenvalue weighted by Gasteiger charge is -2.20. The molecule has 0 bridgehead atoms. The average Bonchev–Trinajstić information content (AvgIpc) is 1.64. The number of hydrogen-bond donors (Lipinski definition) is 0. The van der Waals surface area contributed by atoms with Crippen LogP contribution in [0.15, 0.2) is 334 Å². The van der Waals surface area contributed by atoms with E-state index >= 15 is 0 Å². The van der Waals surface area contributed by atoms with Crippen molar-refractivity contribution in [2.45, 2.75) is 149 Å². The van der Waals surface area contributed by atoms with Crippen molar-refractivity contribution in [1.82, 2.24) is 27.4 Å². The number of ether oxygens (including phenoxy) is 8. The predicted molar refractivity (Wildman–Crippen MR) is 547 cm³/mol. The average molecular weight is 1760 g/mol. The normalized spacial score (nSPS) is 11.9. The van der Waals surface area contributed by atoms with Crippen LogP contribution in [0.25, 0.3) is 131 Å². The molecule has 6 heterocycles. The highest BCUT2D eigenvalue weighted by Crippen LogP contribution is 2.44. The molecule has 21 aromatic rings. The summed E-state index contributed by atoms with van der Waals surface area (Å²) in [5, 5.41) is 15.3. The molecular weight excluding hydrogens is 1640 g/mol. The Morgan fingerprint density at radius 3 is 0.549 bits per heavy atom. The van der Waals surface area contributed by atoms with Gasteiger partial charge in [-0.05, 0) is 209 Å². The zero-order valence-electron chi connectivity index (χ0n) is 76.0. The summed E-state index contributed by atoms with van der Waals surface area (Å²) in [4.78, 5) is 0. The van der Waals surface area contributed by atoms with Crippen LogP contribution in [-0.2, 0) is 58.9 Å². The Morgan fingerprint density at radius 1 is 0.180 bits per heavy atom. The molecule has 0 aliphatic rings. The largest absolute Gasteiger partial charge is 0.490 e. The minimum absolute atomic E-state index is 0.225. The van der Waals surface area contributed by atoms with Gasteiger partial charge >= 0.3 is 0 Å². The van der Waals surface area contributed by atoms with Crippen molar-refractivity contribution >= 4 is 131 Å². The fourth-order valence-electron chi connectivity index (χ4n) is 20.5. The first-order chi connectivity index (χ1) is 66.0. The lowest BCUT2D eigenvalue weighted by atomic mass is 10.1. The lowest BCUT2D eigenvalue weighted by molar-refractivity contribution is 0.231. The third-order valence-corrected chi connectivity index (χ3v) is 26.7. The number of para-hydroxylation sites is 12. The minimum Gasteiger partial charge on any atom is -0.490 e. The molecule has 21 rings (SSSR count). The van der Waals surface area contributed by atoms with Gasteiger partial charge in [0.2, 0.25) is 11.5 Å². The molecule has 0 atom stereocenters. The Morgan fingerprint density at radius 2 is 0.361 bits per heavy atom. The van der Waals surface area contributed by atoms with Crippen LogP contribution in [0.5, 0.6) is 46.0 Å². The smallest absolute Gasteiger partial charge is 0.203 e. The zero-order chi connectivity index (χ0) is 89.0. The van der Waals surface area contributed by atoms with E-state index in [1.54, 1.807) is 0 Å². The van der Waals surface area contributed by atoms with Crippen LogP contribution in [0.3, 0.4) is 0 Å². The van der Waals surface area contributed by atoms with Crippen molar-refractivity contribution in [3.8, 4) is 46.0 Å². The second kappa shape index (κ2) is 40.1. The fraction of sp³-hybridized carbons (Fsp3) is 0.244. The van der Waals surface area contributed by atoms with Crippen LogP contribution in [0.1, 0.15) is 107 Å². The maximum absolute atomic E-state index is 7.09. The summed E-state index contributed by atoms with van der Waals surface area (Å²) >= 11 is 0. The van der Waals surface area contributed by atoms with E-state index in [9.17, 15) is 0 Å². The van der Waals surface area contributed by atoms with Gasteiger partial charge in [-0.2, -0.15) is 0 Å². The predicted octanol–water partition coefficient (Wildman–Crippen LogP) is 29.6. The molecule has 0 unspecified atom stereocenters. The molecule has 6 aromatic heterocycles. The molecule has 14 nitrogen and oxygen atoms in total. The summed E-state index contributed by atoms with van der Waals surface area (Å²) in [6.07, 6.45) is 12.1. The number of nitrogens with zero attached hydrogens (tertiary/aromatic N) is 6. The van der Waals surface area contributed by atoms with E-state index in [4.69, 9.17) is 37.9 Å². The standard InChI is InChI=1S/C119H114N6O8/c1-2-39-85-76-88(132-83-86-78-114(126-70-33-27-64-120-102-52-15-3-40-90(102)91-41-4-16-53-103(91)120)118(130-74-37-31-68-124-110-60-23-11-48-98(110)99-49-12-24-61-111(99)124)115(79-86)127-71-34-28-65-121-104-54-17-5-42-92(104)93-43-6-18-55-105(93)121)82-89(77-85)133-84-87-80-116(128-72-35-29-66-122-106-56-19-7-44-94(106)95-45-8-20-57-107(95)122)119(131-75-38-32-69-125-112-62-25-13-50-100(112)101-51-14-26-63-113(101)125)117(81-87)129-73-36-30-67-123-108-58-21-9-46-96(108)97-47-10-22-59-109(97)123/h3-26,40-63,76-82H,2,27-39,64-75,83-84H2,1H3. The Hall–Kier alpha value is -14.5. The molecule has 0 fully saturated rings. The molecular formula is C119H114N6O8. The number of unbranched alkanes of at least 4 members (excludes halogenated alkanes) is 6. The lowest BCUT2D eigenvalue weighted by Crippen LogP contribution is -2.09. The number of aromatic nitrogens is 6. The van der Waals surface area contributed by atoms with Gasteiger partial charge in [-0.15, -0.1) is 0 Å². The Kier molecular flexibility index (Phi) is 25.7. The Bertz CT molecular complexity index is 6640. The highest BCUT2D eigenvalue weighted by atomic mass is 16.6.